The Balaban J connectivity index is 1.51. The molecule has 3 atom stereocenters. The van der Waals surface area contributed by atoms with Gasteiger partial charge in [0.15, 0.2) is 0 Å². The number of carbonyl (C=O) groups excluding carboxylic acids is 2. The topological polar surface area (TPSA) is 77.1 Å². The van der Waals surface area contributed by atoms with Crippen LogP contribution >= 0.6 is 0 Å². The van der Waals surface area contributed by atoms with Crippen LogP contribution < -0.4 is 5.32 Å². The number of nitrogens with zero attached hydrogens (tertiary/aromatic N) is 1. The molecular formula is C29H32N2O5. The molecule has 0 aliphatic carbocycles. The highest BCUT2D eigenvalue weighted by atomic mass is 16.6. The lowest BCUT2D eigenvalue weighted by atomic mass is 9.79. The number of ether oxygens (including phenoxy) is 3. The molecule has 0 aromatic heterocycles. The number of nitrogens with one attached hydrogen (secondary N) is 1. The summed E-state index contributed by atoms with van der Waals surface area (Å²) in [5.41, 5.74) is 1.26. The molecule has 3 heterocycles. The highest BCUT2D eigenvalue weighted by Gasteiger charge is 2.58. The van der Waals surface area contributed by atoms with Gasteiger partial charge in [-0.15, -0.1) is 0 Å². The standard InChI is InChI=1S/C29H32N2O5/c1-31-17-14-22(15-18-31)35-27(32)25-23-13-16-29(36-23,26(25)28(33)34-2)24(19-20-9-5-3-6-10-20)30-21-11-7-4-8-12-21/h3-13,16,22-24,30H,14-15,17-19H2,1-2H3. The van der Waals surface area contributed by atoms with Crippen molar-refractivity contribution in [2.24, 2.45) is 0 Å². The molecule has 0 radical (unpaired) electrons. The van der Waals surface area contributed by atoms with Crippen molar-refractivity contribution in [2.75, 3.05) is 32.6 Å². The van der Waals surface area contributed by atoms with E-state index in [1.54, 1.807) is 0 Å². The van der Waals surface area contributed by atoms with Gasteiger partial charge in [0.05, 0.1) is 24.3 Å². The van der Waals surface area contributed by atoms with Crippen molar-refractivity contribution in [3.05, 3.63) is 89.5 Å². The Morgan fingerprint density at radius 1 is 1.06 bits per heavy atom. The van der Waals surface area contributed by atoms with Crippen molar-refractivity contribution in [1.82, 2.24) is 4.90 Å². The van der Waals surface area contributed by atoms with Crippen molar-refractivity contribution in [3.63, 3.8) is 0 Å². The molecule has 3 unspecified atom stereocenters. The summed E-state index contributed by atoms with van der Waals surface area (Å²) in [6.07, 6.45) is 4.99. The molecular weight excluding hydrogens is 456 g/mol. The van der Waals surface area contributed by atoms with Gasteiger partial charge in [-0.05, 0) is 50.1 Å². The summed E-state index contributed by atoms with van der Waals surface area (Å²) < 4.78 is 17.6. The first kappa shape index (κ1) is 24.3. The molecule has 188 valence electrons. The number of piperidine rings is 1. The summed E-state index contributed by atoms with van der Waals surface area (Å²) in [4.78, 5) is 28.9. The first-order chi connectivity index (χ1) is 17.5. The summed E-state index contributed by atoms with van der Waals surface area (Å²) in [7, 11) is 3.39. The van der Waals surface area contributed by atoms with E-state index < -0.39 is 23.6 Å². The maximum Gasteiger partial charge on any atom is 0.337 e. The van der Waals surface area contributed by atoms with Gasteiger partial charge in [0.1, 0.15) is 17.8 Å². The Bertz CT molecular complexity index is 1110. The lowest BCUT2D eigenvalue weighted by molar-refractivity contribution is -0.147. The van der Waals surface area contributed by atoms with E-state index >= 15 is 0 Å². The Hall–Kier alpha value is -3.42. The van der Waals surface area contributed by atoms with Gasteiger partial charge in [0.25, 0.3) is 0 Å². The summed E-state index contributed by atoms with van der Waals surface area (Å²) in [5, 5.41) is 3.57. The third kappa shape index (κ3) is 4.68. The maximum absolute atomic E-state index is 13.5. The van der Waals surface area contributed by atoms with Crippen LogP contribution in [0.4, 0.5) is 5.69 Å². The zero-order valence-corrected chi connectivity index (χ0v) is 20.7. The second kappa shape index (κ2) is 10.3. The number of rotatable bonds is 8. The zero-order valence-electron chi connectivity index (χ0n) is 20.7. The minimum absolute atomic E-state index is 0.179. The number of esters is 2. The smallest absolute Gasteiger partial charge is 0.337 e. The van der Waals surface area contributed by atoms with Gasteiger partial charge in [-0.1, -0.05) is 54.6 Å². The predicted octanol–water partition coefficient (Wildman–Crippen LogP) is 3.52. The van der Waals surface area contributed by atoms with Crippen LogP contribution in [0.25, 0.3) is 0 Å². The molecule has 2 bridgehead atoms. The third-order valence-electron chi connectivity index (χ3n) is 7.25. The second-order valence-corrected chi connectivity index (χ2v) is 9.63. The summed E-state index contributed by atoms with van der Waals surface area (Å²) in [6.45, 7) is 1.73. The molecule has 2 aromatic rings. The predicted molar refractivity (Wildman–Crippen MR) is 136 cm³/mol. The van der Waals surface area contributed by atoms with Crippen LogP contribution in [0.15, 0.2) is 84.0 Å². The average molecular weight is 489 g/mol. The quantitative estimate of drug-likeness (QED) is 0.450. The van der Waals surface area contributed by atoms with Crippen LogP contribution in [-0.2, 0) is 30.2 Å². The monoisotopic (exact) mass is 488 g/mol. The number of carbonyl (C=O) groups is 2. The lowest BCUT2D eigenvalue weighted by Crippen LogP contribution is -2.49. The number of benzene rings is 2. The molecule has 1 N–H and O–H groups in total. The number of hydrogen-bond acceptors (Lipinski definition) is 7. The second-order valence-electron chi connectivity index (χ2n) is 9.63. The molecule has 3 aliphatic heterocycles. The number of fused-ring (bicyclic) bond motifs is 2. The van der Waals surface area contributed by atoms with E-state index in [1.807, 2.05) is 72.8 Å². The minimum Gasteiger partial charge on any atom is -0.466 e. The molecule has 3 aliphatic rings. The fraction of sp³-hybridized carbons (Fsp3) is 0.379. The summed E-state index contributed by atoms with van der Waals surface area (Å²) in [6, 6.07) is 19.4. The van der Waals surface area contributed by atoms with Crippen molar-refractivity contribution < 1.29 is 23.8 Å². The van der Waals surface area contributed by atoms with E-state index in [0.29, 0.717) is 6.42 Å². The number of anilines is 1. The van der Waals surface area contributed by atoms with Gasteiger partial charge in [-0.3, -0.25) is 0 Å². The number of methoxy groups -OCH3 is 1. The van der Waals surface area contributed by atoms with Crippen LogP contribution in [-0.4, -0.2) is 67.9 Å². The van der Waals surface area contributed by atoms with E-state index in [-0.39, 0.29) is 23.3 Å². The van der Waals surface area contributed by atoms with Crippen LogP contribution in [0.5, 0.6) is 0 Å². The van der Waals surface area contributed by atoms with Gasteiger partial charge in [0, 0.05) is 18.8 Å². The van der Waals surface area contributed by atoms with E-state index in [1.165, 1.54) is 7.11 Å². The largest absolute Gasteiger partial charge is 0.466 e. The number of hydrogen-bond donors (Lipinski definition) is 1. The van der Waals surface area contributed by atoms with Crippen molar-refractivity contribution >= 4 is 17.6 Å². The number of likely N-dealkylation sites (tertiary alicyclic amines) is 1. The molecule has 7 nitrogen and oxygen atoms in total. The third-order valence-corrected chi connectivity index (χ3v) is 7.25. The van der Waals surface area contributed by atoms with Gasteiger partial charge < -0.3 is 24.4 Å². The molecule has 36 heavy (non-hydrogen) atoms. The normalized spacial score (nSPS) is 24.6. The van der Waals surface area contributed by atoms with Crippen LogP contribution in [0.3, 0.4) is 0 Å². The van der Waals surface area contributed by atoms with Crippen LogP contribution in [0.1, 0.15) is 18.4 Å². The molecule has 1 fully saturated rings. The van der Waals surface area contributed by atoms with Gasteiger partial charge in [0.2, 0.25) is 0 Å². The average Bonchev–Trinajstić information content (AvgIpc) is 3.49. The fourth-order valence-electron chi connectivity index (χ4n) is 5.34. The highest BCUT2D eigenvalue weighted by molar-refractivity contribution is 6.05. The maximum atomic E-state index is 13.5. The number of para-hydroxylation sites is 1. The molecule has 7 heteroatoms. The van der Waals surface area contributed by atoms with Crippen molar-refractivity contribution in [3.8, 4) is 0 Å². The minimum atomic E-state index is -1.18. The summed E-state index contributed by atoms with van der Waals surface area (Å²) >= 11 is 0. The highest BCUT2D eigenvalue weighted by Crippen LogP contribution is 2.47. The Morgan fingerprint density at radius 2 is 1.72 bits per heavy atom. The molecule has 2 aromatic carbocycles. The van der Waals surface area contributed by atoms with E-state index in [0.717, 1.165) is 37.2 Å². The first-order valence-electron chi connectivity index (χ1n) is 12.5. The first-order valence-corrected chi connectivity index (χ1v) is 12.5. The Morgan fingerprint density at radius 3 is 2.39 bits per heavy atom. The van der Waals surface area contributed by atoms with Crippen molar-refractivity contribution in [1.29, 1.82) is 0 Å². The van der Waals surface area contributed by atoms with Crippen LogP contribution in [0, 0.1) is 0 Å². The molecule has 1 saturated heterocycles. The lowest BCUT2D eigenvalue weighted by Gasteiger charge is -2.36. The molecule has 0 spiro atoms. The van der Waals surface area contributed by atoms with E-state index in [4.69, 9.17) is 14.2 Å². The van der Waals surface area contributed by atoms with Gasteiger partial charge in [-0.2, -0.15) is 0 Å². The van der Waals surface area contributed by atoms with Gasteiger partial charge >= 0.3 is 11.9 Å². The Labute approximate surface area is 211 Å². The molecule has 0 saturated carbocycles. The summed E-state index contributed by atoms with van der Waals surface area (Å²) in [5.74, 6) is -1.08. The Kier molecular flexibility index (Phi) is 6.94. The molecule has 5 rings (SSSR count). The van der Waals surface area contributed by atoms with E-state index in [9.17, 15) is 9.59 Å². The SMILES string of the molecule is COC(=O)C1=C(C(=O)OC2CCN(C)CC2)C2C=CC1(C(Cc1ccccc1)Nc1ccccc1)O2. The van der Waals surface area contributed by atoms with Crippen molar-refractivity contribution in [2.45, 2.75) is 43.1 Å². The zero-order chi connectivity index (χ0) is 25.1. The fourth-order valence-corrected chi connectivity index (χ4v) is 5.34. The van der Waals surface area contributed by atoms with Crippen LogP contribution in [0.2, 0.25) is 0 Å². The molecule has 0 amide bonds. The van der Waals surface area contributed by atoms with Gasteiger partial charge in [-0.25, -0.2) is 9.59 Å². The van der Waals surface area contributed by atoms with E-state index in [2.05, 4.69) is 17.3 Å².